The van der Waals surface area contributed by atoms with Gasteiger partial charge >= 0.3 is 0 Å². The van der Waals surface area contributed by atoms with Crippen LogP contribution >= 0.6 is 0 Å². The van der Waals surface area contributed by atoms with Gasteiger partial charge in [0.15, 0.2) is 0 Å². The molecule has 0 spiro atoms. The predicted molar refractivity (Wildman–Crippen MR) is 79.1 cm³/mol. The van der Waals surface area contributed by atoms with Gasteiger partial charge in [0.05, 0.1) is 0 Å². The molecule has 0 bridgehead atoms. The number of rotatable bonds is 5. The van der Waals surface area contributed by atoms with Crippen LogP contribution in [0.15, 0.2) is 30.4 Å². The van der Waals surface area contributed by atoms with Gasteiger partial charge in [-0.15, -0.1) is 0 Å². The lowest BCUT2D eigenvalue weighted by Crippen LogP contribution is -2.36. The number of hydrogen-bond donors (Lipinski definition) is 1. The Hall–Kier alpha value is -1.08. The van der Waals surface area contributed by atoms with Gasteiger partial charge in [-0.3, -0.25) is 0 Å². The molecule has 2 rings (SSSR count). The molecular formula is C17H25N. The molecule has 0 fully saturated rings. The molecule has 0 unspecified atom stereocenters. The van der Waals surface area contributed by atoms with Crippen LogP contribution in [0, 0.1) is 13.8 Å². The molecule has 1 aliphatic carbocycles. The normalized spacial score (nSPS) is 17.3. The average molecular weight is 243 g/mol. The van der Waals surface area contributed by atoms with E-state index < -0.39 is 0 Å². The van der Waals surface area contributed by atoms with Crippen molar-refractivity contribution in [3.05, 3.63) is 47.0 Å². The Bertz CT molecular complexity index is 403. The van der Waals surface area contributed by atoms with Gasteiger partial charge in [-0.1, -0.05) is 48.4 Å². The van der Waals surface area contributed by atoms with E-state index >= 15 is 0 Å². The first-order valence-corrected chi connectivity index (χ1v) is 7.11. The van der Waals surface area contributed by atoms with Gasteiger partial charge in [-0.05, 0) is 45.2 Å². The number of allylic oxidation sites excluding steroid dienone is 2. The maximum Gasteiger partial charge on any atom is 0.0147 e. The number of nitrogens with one attached hydrogen (secondary N) is 1. The van der Waals surface area contributed by atoms with Crippen molar-refractivity contribution in [2.75, 3.05) is 13.1 Å². The van der Waals surface area contributed by atoms with Gasteiger partial charge in [0, 0.05) is 12.0 Å². The van der Waals surface area contributed by atoms with E-state index in [1.54, 1.807) is 0 Å². The first-order chi connectivity index (χ1) is 8.66. The van der Waals surface area contributed by atoms with Crippen LogP contribution in [0.2, 0.25) is 0 Å². The minimum Gasteiger partial charge on any atom is -0.316 e. The monoisotopic (exact) mass is 243 g/mol. The molecule has 1 N–H and O–H groups in total. The summed E-state index contributed by atoms with van der Waals surface area (Å²) in [4.78, 5) is 0. The summed E-state index contributed by atoms with van der Waals surface area (Å²) in [7, 11) is 0. The summed E-state index contributed by atoms with van der Waals surface area (Å²) in [5.41, 5.74) is 4.57. The fraction of sp³-hybridized carbons (Fsp3) is 0.529. The zero-order valence-electron chi connectivity index (χ0n) is 11.9. The maximum atomic E-state index is 3.62. The Morgan fingerprint density at radius 3 is 2.22 bits per heavy atom. The third-order valence-corrected chi connectivity index (χ3v) is 3.91. The van der Waals surface area contributed by atoms with Crippen LogP contribution in [0.25, 0.3) is 0 Å². The van der Waals surface area contributed by atoms with Crippen LogP contribution in [0.3, 0.4) is 0 Å². The Morgan fingerprint density at radius 2 is 1.67 bits per heavy atom. The Labute approximate surface area is 111 Å². The number of aryl methyl sites for hydroxylation is 2. The molecule has 0 heterocycles. The van der Waals surface area contributed by atoms with Crippen LogP contribution in [0.1, 0.15) is 42.9 Å². The Morgan fingerprint density at radius 1 is 1.06 bits per heavy atom. The predicted octanol–water partition coefficient (Wildman–Crippen LogP) is 3.89. The second-order valence-corrected chi connectivity index (χ2v) is 5.71. The molecule has 1 aliphatic rings. The zero-order chi connectivity index (χ0) is 13.0. The molecule has 0 amide bonds. The summed E-state index contributed by atoms with van der Waals surface area (Å²) in [6.07, 6.45) is 8.23. The van der Waals surface area contributed by atoms with Gasteiger partial charge < -0.3 is 5.32 Å². The van der Waals surface area contributed by atoms with Crippen molar-refractivity contribution in [1.82, 2.24) is 5.32 Å². The Balaban J connectivity index is 2.23. The van der Waals surface area contributed by atoms with Crippen molar-refractivity contribution in [1.29, 1.82) is 0 Å². The van der Waals surface area contributed by atoms with E-state index in [1.165, 1.54) is 36.0 Å². The molecule has 0 aliphatic heterocycles. The SMILES string of the molecule is CCCNCC1(c2cc(C)cc(C)c2)CC=CC1. The molecule has 1 aromatic rings. The van der Waals surface area contributed by atoms with E-state index in [2.05, 4.69) is 56.4 Å². The van der Waals surface area contributed by atoms with Crippen molar-refractivity contribution in [2.24, 2.45) is 0 Å². The lowest BCUT2D eigenvalue weighted by Gasteiger charge is -2.31. The third kappa shape index (κ3) is 2.84. The van der Waals surface area contributed by atoms with Gasteiger partial charge in [-0.2, -0.15) is 0 Å². The molecule has 1 nitrogen and oxygen atoms in total. The van der Waals surface area contributed by atoms with E-state index in [0.717, 1.165) is 13.1 Å². The van der Waals surface area contributed by atoms with Crippen molar-refractivity contribution >= 4 is 0 Å². The fourth-order valence-corrected chi connectivity index (χ4v) is 2.97. The van der Waals surface area contributed by atoms with Crippen LogP contribution < -0.4 is 5.32 Å². The highest BCUT2D eigenvalue weighted by atomic mass is 14.9. The smallest absolute Gasteiger partial charge is 0.0147 e. The first-order valence-electron chi connectivity index (χ1n) is 7.11. The molecule has 0 atom stereocenters. The lowest BCUT2D eigenvalue weighted by atomic mass is 9.77. The van der Waals surface area contributed by atoms with Gasteiger partial charge in [0.25, 0.3) is 0 Å². The topological polar surface area (TPSA) is 12.0 Å². The summed E-state index contributed by atoms with van der Waals surface area (Å²) in [6, 6.07) is 7.00. The van der Waals surface area contributed by atoms with Crippen molar-refractivity contribution < 1.29 is 0 Å². The minimum atomic E-state index is 0.298. The largest absolute Gasteiger partial charge is 0.316 e. The van der Waals surface area contributed by atoms with Crippen LogP contribution in [0.4, 0.5) is 0 Å². The van der Waals surface area contributed by atoms with Crippen molar-refractivity contribution in [2.45, 2.75) is 45.4 Å². The van der Waals surface area contributed by atoms with Crippen molar-refractivity contribution in [3.63, 3.8) is 0 Å². The van der Waals surface area contributed by atoms with Crippen LogP contribution in [-0.2, 0) is 5.41 Å². The van der Waals surface area contributed by atoms with E-state index in [0.29, 0.717) is 5.41 Å². The lowest BCUT2D eigenvalue weighted by molar-refractivity contribution is 0.418. The average Bonchev–Trinajstić information content (AvgIpc) is 2.78. The zero-order valence-corrected chi connectivity index (χ0v) is 11.9. The summed E-state index contributed by atoms with van der Waals surface area (Å²) in [5.74, 6) is 0. The highest BCUT2D eigenvalue weighted by molar-refractivity contribution is 5.37. The summed E-state index contributed by atoms with van der Waals surface area (Å²) < 4.78 is 0. The minimum absolute atomic E-state index is 0.298. The highest BCUT2D eigenvalue weighted by Crippen LogP contribution is 2.37. The molecule has 1 heteroatoms. The summed E-state index contributed by atoms with van der Waals surface area (Å²) in [6.45, 7) is 8.84. The molecule has 98 valence electrons. The first kappa shape index (κ1) is 13.4. The molecule has 0 aromatic heterocycles. The Kier molecular flexibility index (Phi) is 4.23. The number of hydrogen-bond acceptors (Lipinski definition) is 1. The van der Waals surface area contributed by atoms with E-state index in [-0.39, 0.29) is 0 Å². The van der Waals surface area contributed by atoms with E-state index in [1.807, 2.05) is 0 Å². The van der Waals surface area contributed by atoms with Crippen molar-refractivity contribution in [3.8, 4) is 0 Å². The summed E-state index contributed by atoms with van der Waals surface area (Å²) >= 11 is 0. The number of benzene rings is 1. The summed E-state index contributed by atoms with van der Waals surface area (Å²) in [5, 5.41) is 3.62. The van der Waals surface area contributed by atoms with E-state index in [4.69, 9.17) is 0 Å². The maximum absolute atomic E-state index is 3.62. The molecule has 18 heavy (non-hydrogen) atoms. The third-order valence-electron chi connectivity index (χ3n) is 3.91. The van der Waals surface area contributed by atoms with Crippen LogP contribution in [0.5, 0.6) is 0 Å². The standard InChI is InChI=1S/C17H25N/c1-4-9-18-13-17(7-5-6-8-17)16-11-14(2)10-15(3)12-16/h5-6,10-12,18H,4,7-9,13H2,1-3H3. The molecule has 0 saturated heterocycles. The van der Waals surface area contributed by atoms with Gasteiger partial charge in [0.1, 0.15) is 0 Å². The second kappa shape index (κ2) is 5.71. The second-order valence-electron chi connectivity index (χ2n) is 5.71. The highest BCUT2D eigenvalue weighted by Gasteiger charge is 2.32. The van der Waals surface area contributed by atoms with Crippen LogP contribution in [-0.4, -0.2) is 13.1 Å². The van der Waals surface area contributed by atoms with Gasteiger partial charge in [0.2, 0.25) is 0 Å². The van der Waals surface area contributed by atoms with Gasteiger partial charge in [-0.25, -0.2) is 0 Å². The molecule has 0 saturated carbocycles. The molecular weight excluding hydrogens is 218 g/mol. The molecule has 0 radical (unpaired) electrons. The van der Waals surface area contributed by atoms with E-state index in [9.17, 15) is 0 Å². The quantitative estimate of drug-likeness (QED) is 0.611. The fourth-order valence-electron chi connectivity index (χ4n) is 2.97. The molecule has 1 aromatic carbocycles.